The molecule has 102 valence electrons. The van der Waals surface area contributed by atoms with Crippen LogP contribution in [0, 0.1) is 0 Å². The van der Waals surface area contributed by atoms with Crippen LogP contribution in [0.25, 0.3) is 10.9 Å². The lowest BCUT2D eigenvalue weighted by Gasteiger charge is -2.09. The largest absolute Gasteiger partial charge is 0.469 e. The average Bonchev–Trinajstić information content (AvgIpc) is 3.00. The molecule has 5 nitrogen and oxygen atoms in total. The van der Waals surface area contributed by atoms with Crippen molar-refractivity contribution in [1.29, 1.82) is 0 Å². The molecule has 0 saturated carbocycles. The van der Waals surface area contributed by atoms with Gasteiger partial charge in [-0.15, -0.1) is 0 Å². The van der Waals surface area contributed by atoms with Crippen LogP contribution in [-0.2, 0) is 6.42 Å². The Kier molecular flexibility index (Phi) is 3.50. The third-order valence-corrected chi connectivity index (χ3v) is 3.07. The number of anilines is 2. The number of hydrogen-bond acceptors (Lipinski definition) is 5. The van der Waals surface area contributed by atoms with E-state index in [-0.39, 0.29) is 0 Å². The smallest absolute Gasteiger partial charge is 0.224 e. The molecule has 0 saturated heterocycles. The summed E-state index contributed by atoms with van der Waals surface area (Å²) in [5, 5.41) is 7.35. The molecule has 3 rings (SSSR count). The number of benzene rings is 1. The van der Waals surface area contributed by atoms with Gasteiger partial charge in [0.25, 0.3) is 0 Å². The number of aromatic nitrogens is 2. The van der Waals surface area contributed by atoms with Crippen molar-refractivity contribution in [2.24, 2.45) is 0 Å². The Morgan fingerprint density at radius 1 is 1.10 bits per heavy atom. The summed E-state index contributed by atoms with van der Waals surface area (Å²) < 4.78 is 5.32. The number of rotatable bonds is 5. The van der Waals surface area contributed by atoms with E-state index in [0.29, 0.717) is 5.95 Å². The van der Waals surface area contributed by atoms with Gasteiger partial charge >= 0.3 is 0 Å². The Hall–Kier alpha value is -2.56. The molecule has 0 radical (unpaired) electrons. The van der Waals surface area contributed by atoms with E-state index in [1.165, 1.54) is 0 Å². The van der Waals surface area contributed by atoms with Crippen molar-refractivity contribution in [1.82, 2.24) is 9.97 Å². The number of furan rings is 1. The van der Waals surface area contributed by atoms with Gasteiger partial charge in [-0.2, -0.15) is 4.98 Å². The van der Waals surface area contributed by atoms with Gasteiger partial charge in [-0.05, 0) is 24.3 Å². The lowest BCUT2D eigenvalue weighted by atomic mass is 10.2. The van der Waals surface area contributed by atoms with Gasteiger partial charge in [0.15, 0.2) is 0 Å². The molecule has 2 aromatic heterocycles. The molecular weight excluding hydrogens is 252 g/mol. The molecule has 0 amide bonds. The fourth-order valence-corrected chi connectivity index (χ4v) is 2.08. The Morgan fingerprint density at radius 2 is 2.00 bits per heavy atom. The molecule has 0 atom stereocenters. The molecule has 0 unspecified atom stereocenters. The monoisotopic (exact) mass is 268 g/mol. The van der Waals surface area contributed by atoms with E-state index in [0.717, 1.165) is 35.4 Å². The molecule has 0 bridgehead atoms. The van der Waals surface area contributed by atoms with Crippen molar-refractivity contribution >= 4 is 22.7 Å². The van der Waals surface area contributed by atoms with E-state index in [2.05, 4.69) is 20.6 Å². The average molecular weight is 268 g/mol. The highest BCUT2D eigenvalue weighted by Crippen LogP contribution is 2.21. The molecule has 0 aliphatic carbocycles. The van der Waals surface area contributed by atoms with Crippen LogP contribution in [0.2, 0.25) is 0 Å². The number of para-hydroxylation sites is 1. The minimum Gasteiger partial charge on any atom is -0.469 e. The summed E-state index contributed by atoms with van der Waals surface area (Å²) in [5.74, 6) is 2.42. The molecular formula is C15H16N4O. The van der Waals surface area contributed by atoms with Gasteiger partial charge in [-0.1, -0.05) is 12.1 Å². The van der Waals surface area contributed by atoms with Crippen LogP contribution in [0.4, 0.5) is 11.8 Å². The predicted octanol–water partition coefficient (Wildman–Crippen LogP) is 2.92. The van der Waals surface area contributed by atoms with E-state index in [9.17, 15) is 0 Å². The second-order valence-electron chi connectivity index (χ2n) is 4.42. The molecule has 20 heavy (non-hydrogen) atoms. The van der Waals surface area contributed by atoms with Crippen LogP contribution in [0.5, 0.6) is 0 Å². The van der Waals surface area contributed by atoms with E-state index >= 15 is 0 Å². The molecule has 1 aromatic carbocycles. The van der Waals surface area contributed by atoms with Gasteiger partial charge < -0.3 is 15.1 Å². The Bertz CT molecular complexity index is 694. The van der Waals surface area contributed by atoms with Gasteiger partial charge in [-0.3, -0.25) is 0 Å². The maximum absolute atomic E-state index is 5.32. The predicted molar refractivity (Wildman–Crippen MR) is 80.0 cm³/mol. The molecule has 2 heterocycles. The molecule has 5 heteroatoms. The Labute approximate surface area is 117 Å². The van der Waals surface area contributed by atoms with Crippen molar-refractivity contribution < 1.29 is 4.42 Å². The van der Waals surface area contributed by atoms with Crippen LogP contribution in [-0.4, -0.2) is 23.6 Å². The lowest BCUT2D eigenvalue weighted by Crippen LogP contribution is -2.08. The fraction of sp³-hybridized carbons (Fsp3) is 0.200. The van der Waals surface area contributed by atoms with E-state index < -0.39 is 0 Å². The normalized spacial score (nSPS) is 10.7. The number of nitrogens with zero attached hydrogens (tertiary/aromatic N) is 2. The summed E-state index contributed by atoms with van der Waals surface area (Å²) in [6, 6.07) is 11.8. The molecule has 0 aliphatic rings. The Morgan fingerprint density at radius 3 is 2.80 bits per heavy atom. The molecule has 3 aromatic rings. The third kappa shape index (κ3) is 2.56. The first-order valence-electron chi connectivity index (χ1n) is 6.57. The van der Waals surface area contributed by atoms with E-state index in [1.54, 1.807) is 6.26 Å². The summed E-state index contributed by atoms with van der Waals surface area (Å²) in [4.78, 5) is 8.91. The zero-order valence-corrected chi connectivity index (χ0v) is 11.3. The summed E-state index contributed by atoms with van der Waals surface area (Å²) in [6.07, 6.45) is 2.51. The van der Waals surface area contributed by atoms with E-state index in [4.69, 9.17) is 4.42 Å². The molecule has 2 N–H and O–H groups in total. The highest BCUT2D eigenvalue weighted by Gasteiger charge is 2.06. The van der Waals surface area contributed by atoms with Crippen LogP contribution >= 0.6 is 0 Å². The maximum Gasteiger partial charge on any atom is 0.224 e. The molecule has 0 spiro atoms. The van der Waals surface area contributed by atoms with Gasteiger partial charge in [0, 0.05) is 25.4 Å². The van der Waals surface area contributed by atoms with Crippen LogP contribution < -0.4 is 10.6 Å². The highest BCUT2D eigenvalue weighted by molar-refractivity contribution is 5.89. The van der Waals surface area contributed by atoms with Crippen LogP contribution in [0.3, 0.4) is 0 Å². The van der Waals surface area contributed by atoms with Gasteiger partial charge in [-0.25, -0.2) is 4.98 Å². The number of nitrogens with one attached hydrogen (secondary N) is 2. The summed E-state index contributed by atoms with van der Waals surface area (Å²) in [5.41, 5.74) is 0.923. The first-order chi connectivity index (χ1) is 9.86. The second kappa shape index (κ2) is 5.61. The van der Waals surface area contributed by atoms with Crippen molar-refractivity contribution in [2.45, 2.75) is 6.42 Å². The van der Waals surface area contributed by atoms with Crippen molar-refractivity contribution in [3.05, 3.63) is 48.4 Å². The summed E-state index contributed by atoms with van der Waals surface area (Å²) in [7, 11) is 1.82. The first kappa shape index (κ1) is 12.5. The molecule has 0 aliphatic heterocycles. The van der Waals surface area contributed by atoms with Crippen LogP contribution in [0.1, 0.15) is 5.76 Å². The zero-order valence-electron chi connectivity index (χ0n) is 11.3. The number of fused-ring (bicyclic) bond motifs is 1. The minimum absolute atomic E-state index is 0.615. The van der Waals surface area contributed by atoms with Crippen molar-refractivity contribution in [2.75, 3.05) is 24.2 Å². The third-order valence-electron chi connectivity index (χ3n) is 3.07. The van der Waals surface area contributed by atoms with Crippen molar-refractivity contribution in [3.8, 4) is 0 Å². The van der Waals surface area contributed by atoms with Crippen molar-refractivity contribution in [3.63, 3.8) is 0 Å². The fourth-order valence-electron chi connectivity index (χ4n) is 2.08. The summed E-state index contributed by atoms with van der Waals surface area (Å²) in [6.45, 7) is 0.762. The highest BCUT2D eigenvalue weighted by atomic mass is 16.3. The quantitative estimate of drug-likeness (QED) is 0.745. The van der Waals surface area contributed by atoms with E-state index in [1.807, 2.05) is 43.4 Å². The maximum atomic E-state index is 5.32. The molecule has 0 fully saturated rings. The Balaban J connectivity index is 1.82. The second-order valence-corrected chi connectivity index (χ2v) is 4.42. The minimum atomic E-state index is 0.615. The topological polar surface area (TPSA) is 63.0 Å². The van der Waals surface area contributed by atoms with Crippen LogP contribution in [0.15, 0.2) is 47.1 Å². The zero-order chi connectivity index (χ0) is 13.8. The number of hydrogen-bond donors (Lipinski definition) is 2. The van der Waals surface area contributed by atoms with Gasteiger partial charge in [0.2, 0.25) is 5.95 Å². The lowest BCUT2D eigenvalue weighted by molar-refractivity contribution is 0.513. The first-order valence-corrected chi connectivity index (χ1v) is 6.57. The standard InChI is InChI=1S/C15H16N4O/c1-16-15-18-13-7-3-2-6-12(13)14(19-15)17-9-8-11-5-4-10-20-11/h2-7,10H,8-9H2,1H3,(H2,16,17,18,19). The van der Waals surface area contributed by atoms with Gasteiger partial charge in [0.05, 0.1) is 11.8 Å². The van der Waals surface area contributed by atoms with Gasteiger partial charge in [0.1, 0.15) is 11.6 Å². The SMILES string of the molecule is CNc1nc(NCCc2ccco2)c2ccccc2n1. The summed E-state index contributed by atoms with van der Waals surface area (Å²) >= 11 is 0.